The van der Waals surface area contributed by atoms with E-state index in [4.69, 9.17) is 4.74 Å². The molecule has 1 radical (unpaired) electrons. The largest absolute Gasteiger partial charge is 0.422 e. The van der Waals surface area contributed by atoms with E-state index in [0.29, 0.717) is 10.6 Å². The molecule has 0 bridgehead atoms. The van der Waals surface area contributed by atoms with Gasteiger partial charge in [-0.3, -0.25) is 0 Å². The van der Waals surface area contributed by atoms with Crippen LogP contribution in [-0.2, 0) is 0 Å². The quantitative estimate of drug-likeness (QED) is 0.554. The smallest absolute Gasteiger partial charge is 0.353 e. The van der Waals surface area contributed by atoms with Crippen LogP contribution in [0.5, 0.6) is 5.75 Å². The second-order valence-electron chi connectivity index (χ2n) is 2.60. The first kappa shape index (κ1) is 8.97. The summed E-state index contributed by atoms with van der Waals surface area (Å²) in [5.74, 6) is 0.230. The van der Waals surface area contributed by atoms with Crippen LogP contribution in [0.4, 0.5) is 0 Å². The van der Waals surface area contributed by atoms with E-state index in [2.05, 4.69) is 6.07 Å². The third kappa shape index (κ3) is 2.00. The van der Waals surface area contributed by atoms with E-state index in [1.54, 1.807) is 30.3 Å². The zero-order chi connectivity index (χ0) is 9.80. The molecule has 0 unspecified atom stereocenters. The summed E-state index contributed by atoms with van der Waals surface area (Å²) in [6.07, 6.45) is 0. The highest BCUT2D eigenvalue weighted by molar-refractivity contribution is 7.12. The highest BCUT2D eigenvalue weighted by Gasteiger charge is 2.08. The SMILES string of the molecule is O=C(Oc1cc[c]cc1)c1cccs1. The van der Waals surface area contributed by atoms with Crippen molar-refractivity contribution in [1.82, 2.24) is 0 Å². The Hall–Kier alpha value is -1.61. The first-order valence-electron chi connectivity index (χ1n) is 4.08. The van der Waals surface area contributed by atoms with Crippen molar-refractivity contribution < 1.29 is 9.53 Å². The third-order valence-corrected chi connectivity index (χ3v) is 2.47. The Labute approximate surface area is 85.8 Å². The lowest BCUT2D eigenvalue weighted by atomic mass is 10.3. The summed E-state index contributed by atoms with van der Waals surface area (Å²) in [5, 5.41) is 1.84. The molecule has 3 heteroatoms. The Morgan fingerprint density at radius 3 is 2.71 bits per heavy atom. The van der Waals surface area contributed by atoms with E-state index >= 15 is 0 Å². The van der Waals surface area contributed by atoms with E-state index in [0.717, 1.165) is 0 Å². The summed E-state index contributed by atoms with van der Waals surface area (Å²) >= 11 is 1.37. The summed E-state index contributed by atoms with van der Waals surface area (Å²) in [5.41, 5.74) is 0. The fourth-order valence-electron chi connectivity index (χ4n) is 0.992. The molecule has 2 nitrogen and oxygen atoms in total. The van der Waals surface area contributed by atoms with Gasteiger partial charge in [0, 0.05) is 0 Å². The van der Waals surface area contributed by atoms with E-state index in [9.17, 15) is 4.79 Å². The molecule has 0 aliphatic carbocycles. The fraction of sp³-hybridized carbons (Fsp3) is 0. The molecule has 0 amide bonds. The predicted octanol–water partition coefficient (Wildman–Crippen LogP) is 2.77. The number of rotatable bonds is 2. The molecular formula is C11H7O2S. The number of carbonyl (C=O) groups is 1. The van der Waals surface area contributed by atoms with Gasteiger partial charge in [0.1, 0.15) is 10.6 Å². The van der Waals surface area contributed by atoms with Gasteiger partial charge in [0.25, 0.3) is 0 Å². The molecule has 0 N–H and O–H groups in total. The molecule has 1 aromatic heterocycles. The van der Waals surface area contributed by atoms with Crippen LogP contribution < -0.4 is 4.74 Å². The first-order chi connectivity index (χ1) is 6.86. The number of hydrogen-bond acceptors (Lipinski definition) is 3. The molecule has 1 heterocycles. The minimum atomic E-state index is -0.314. The maximum absolute atomic E-state index is 11.5. The van der Waals surface area contributed by atoms with E-state index < -0.39 is 0 Å². The van der Waals surface area contributed by atoms with Crippen LogP contribution in [0, 0.1) is 6.07 Å². The Kier molecular flexibility index (Phi) is 2.60. The van der Waals surface area contributed by atoms with Crippen molar-refractivity contribution in [3.63, 3.8) is 0 Å². The van der Waals surface area contributed by atoms with Crippen molar-refractivity contribution >= 4 is 17.3 Å². The second kappa shape index (κ2) is 4.07. The molecule has 0 fully saturated rings. The molecule has 2 aromatic rings. The minimum absolute atomic E-state index is 0.314. The van der Waals surface area contributed by atoms with Gasteiger partial charge in [-0.15, -0.1) is 11.3 Å². The lowest BCUT2D eigenvalue weighted by molar-refractivity contribution is 0.0740. The highest BCUT2D eigenvalue weighted by atomic mass is 32.1. The summed E-state index contributed by atoms with van der Waals surface area (Å²) in [6, 6.07) is 13.2. The second-order valence-corrected chi connectivity index (χ2v) is 3.55. The van der Waals surface area contributed by atoms with Gasteiger partial charge in [0.2, 0.25) is 0 Å². The molecule has 0 saturated carbocycles. The highest BCUT2D eigenvalue weighted by Crippen LogP contribution is 2.14. The number of ether oxygens (including phenoxy) is 1. The topological polar surface area (TPSA) is 26.3 Å². The molecule has 0 spiro atoms. The van der Waals surface area contributed by atoms with Crippen LogP contribution in [0.1, 0.15) is 9.67 Å². The maximum Gasteiger partial charge on any atom is 0.353 e. The number of hydrogen-bond donors (Lipinski definition) is 0. The first-order valence-corrected chi connectivity index (χ1v) is 4.96. The molecule has 0 aliphatic rings. The summed E-state index contributed by atoms with van der Waals surface area (Å²) in [7, 11) is 0. The van der Waals surface area contributed by atoms with Crippen LogP contribution in [0.2, 0.25) is 0 Å². The average molecular weight is 203 g/mol. The number of carbonyl (C=O) groups excluding carboxylic acids is 1. The Morgan fingerprint density at radius 2 is 2.07 bits per heavy atom. The normalized spacial score (nSPS) is 9.71. The molecule has 0 saturated heterocycles. The average Bonchev–Trinajstić information content (AvgIpc) is 2.72. The van der Waals surface area contributed by atoms with Crippen LogP contribution in [-0.4, -0.2) is 5.97 Å². The van der Waals surface area contributed by atoms with Gasteiger partial charge >= 0.3 is 5.97 Å². The monoisotopic (exact) mass is 203 g/mol. The van der Waals surface area contributed by atoms with Gasteiger partial charge in [0.15, 0.2) is 0 Å². The summed E-state index contributed by atoms with van der Waals surface area (Å²) in [6.45, 7) is 0. The van der Waals surface area contributed by atoms with Crippen molar-refractivity contribution in [1.29, 1.82) is 0 Å². The summed E-state index contributed by atoms with van der Waals surface area (Å²) in [4.78, 5) is 12.1. The van der Waals surface area contributed by atoms with E-state index in [1.807, 2.05) is 11.4 Å². The lowest BCUT2D eigenvalue weighted by Crippen LogP contribution is -2.05. The van der Waals surface area contributed by atoms with E-state index in [-0.39, 0.29) is 5.97 Å². The maximum atomic E-state index is 11.5. The van der Waals surface area contributed by atoms with Gasteiger partial charge in [-0.05, 0) is 29.6 Å². The Balaban J connectivity index is 2.10. The Morgan fingerprint density at radius 1 is 1.29 bits per heavy atom. The molecular weight excluding hydrogens is 196 g/mol. The van der Waals surface area contributed by atoms with Crippen molar-refractivity contribution in [2.24, 2.45) is 0 Å². The summed E-state index contributed by atoms with van der Waals surface area (Å²) < 4.78 is 5.11. The van der Waals surface area contributed by atoms with Gasteiger partial charge < -0.3 is 4.74 Å². The predicted molar refractivity (Wildman–Crippen MR) is 54.6 cm³/mol. The van der Waals surface area contributed by atoms with Crippen molar-refractivity contribution in [3.05, 3.63) is 52.7 Å². The van der Waals surface area contributed by atoms with Gasteiger partial charge in [-0.2, -0.15) is 0 Å². The van der Waals surface area contributed by atoms with Crippen molar-refractivity contribution in [2.75, 3.05) is 0 Å². The third-order valence-electron chi connectivity index (χ3n) is 1.62. The molecule has 0 aliphatic heterocycles. The minimum Gasteiger partial charge on any atom is -0.422 e. The van der Waals surface area contributed by atoms with Gasteiger partial charge in [-0.1, -0.05) is 18.2 Å². The number of thiophene rings is 1. The molecule has 1 aromatic carbocycles. The standard InChI is InChI=1S/C11H7O2S/c12-11(10-7-4-8-14-10)13-9-5-2-1-3-6-9/h2-8H. The van der Waals surface area contributed by atoms with Crippen LogP contribution >= 0.6 is 11.3 Å². The van der Waals surface area contributed by atoms with Gasteiger partial charge in [0.05, 0.1) is 0 Å². The van der Waals surface area contributed by atoms with E-state index in [1.165, 1.54) is 11.3 Å². The van der Waals surface area contributed by atoms with Crippen molar-refractivity contribution in [2.45, 2.75) is 0 Å². The molecule has 0 atom stereocenters. The van der Waals surface area contributed by atoms with Crippen LogP contribution in [0.15, 0.2) is 41.8 Å². The van der Waals surface area contributed by atoms with Gasteiger partial charge in [-0.25, -0.2) is 4.79 Å². The fourth-order valence-corrected chi connectivity index (χ4v) is 1.59. The molecule has 14 heavy (non-hydrogen) atoms. The Bertz CT molecular complexity index is 406. The van der Waals surface area contributed by atoms with Crippen LogP contribution in [0.25, 0.3) is 0 Å². The van der Waals surface area contributed by atoms with Crippen LogP contribution in [0.3, 0.4) is 0 Å². The van der Waals surface area contributed by atoms with Crippen molar-refractivity contribution in [3.8, 4) is 5.75 Å². The lowest BCUT2D eigenvalue weighted by Gasteiger charge is -2.00. The zero-order valence-corrected chi connectivity index (χ0v) is 8.08. The molecule has 2 rings (SSSR count). The molecule has 69 valence electrons. The zero-order valence-electron chi connectivity index (χ0n) is 7.27. The number of benzene rings is 1. The number of esters is 1.